The van der Waals surface area contributed by atoms with Gasteiger partial charge in [-0.05, 0) is 18.1 Å². The van der Waals surface area contributed by atoms with E-state index in [0.29, 0.717) is 0 Å². The molecule has 0 aromatic heterocycles. The van der Waals surface area contributed by atoms with Crippen LogP contribution in [0.1, 0.15) is 11.1 Å². The highest BCUT2D eigenvalue weighted by Crippen LogP contribution is 2.20. The predicted octanol–water partition coefficient (Wildman–Crippen LogP) is 2.67. The van der Waals surface area contributed by atoms with Gasteiger partial charge in [0.05, 0.1) is 0 Å². The summed E-state index contributed by atoms with van der Waals surface area (Å²) >= 11 is 3.57. The zero-order chi connectivity index (χ0) is 11.3. The molecule has 0 radical (unpaired) electrons. The molecule has 0 bridgehead atoms. The minimum atomic E-state index is 0. The third-order valence-corrected chi connectivity index (χ3v) is 3.31. The van der Waals surface area contributed by atoms with E-state index < -0.39 is 0 Å². The van der Waals surface area contributed by atoms with Crippen molar-refractivity contribution in [1.29, 1.82) is 0 Å². The van der Waals surface area contributed by atoms with Crippen LogP contribution in [-0.4, -0.2) is 20.1 Å². The molecule has 2 N–H and O–H groups in total. The van der Waals surface area contributed by atoms with Crippen molar-refractivity contribution in [2.45, 2.75) is 13.5 Å². The molecule has 0 heterocycles. The first-order valence-electron chi connectivity index (χ1n) is 4.81. The highest BCUT2D eigenvalue weighted by molar-refractivity contribution is 14.0. The first kappa shape index (κ1) is 15.7. The van der Waals surface area contributed by atoms with Crippen LogP contribution in [0.25, 0.3) is 0 Å². The van der Waals surface area contributed by atoms with E-state index in [-0.39, 0.29) is 24.0 Å². The molecular formula is C11H17BrIN3. The summed E-state index contributed by atoms with van der Waals surface area (Å²) in [6, 6.07) is 6.23. The van der Waals surface area contributed by atoms with E-state index in [4.69, 9.17) is 0 Å². The second-order valence-corrected chi connectivity index (χ2v) is 4.02. The summed E-state index contributed by atoms with van der Waals surface area (Å²) in [4.78, 5) is 4.05. The average molecular weight is 398 g/mol. The van der Waals surface area contributed by atoms with Crippen molar-refractivity contribution in [3.63, 3.8) is 0 Å². The molecule has 0 unspecified atom stereocenters. The topological polar surface area (TPSA) is 36.4 Å². The Bertz CT molecular complexity index is 366. The maximum atomic E-state index is 4.05. The SMILES string of the molecule is CN=C(NC)NCc1cccc(C)c1Br.I. The van der Waals surface area contributed by atoms with Gasteiger partial charge < -0.3 is 10.6 Å². The van der Waals surface area contributed by atoms with Gasteiger partial charge in [-0.15, -0.1) is 24.0 Å². The fourth-order valence-electron chi connectivity index (χ4n) is 1.30. The number of aliphatic imine (C=N–C) groups is 1. The van der Waals surface area contributed by atoms with Crippen molar-refractivity contribution in [3.8, 4) is 0 Å². The van der Waals surface area contributed by atoms with Crippen LogP contribution < -0.4 is 10.6 Å². The van der Waals surface area contributed by atoms with Crippen LogP contribution in [0.2, 0.25) is 0 Å². The smallest absolute Gasteiger partial charge is 0.190 e. The summed E-state index contributed by atoms with van der Waals surface area (Å²) in [5, 5.41) is 6.19. The van der Waals surface area contributed by atoms with E-state index in [1.165, 1.54) is 11.1 Å². The maximum absolute atomic E-state index is 4.05. The summed E-state index contributed by atoms with van der Waals surface area (Å²) in [6.45, 7) is 2.84. The number of guanidine groups is 1. The second kappa shape index (κ2) is 7.89. The molecule has 16 heavy (non-hydrogen) atoms. The molecule has 0 atom stereocenters. The van der Waals surface area contributed by atoms with Crippen LogP contribution in [0.4, 0.5) is 0 Å². The van der Waals surface area contributed by atoms with Gasteiger partial charge in [-0.3, -0.25) is 4.99 Å². The normalized spacial score (nSPS) is 10.6. The molecule has 0 aliphatic carbocycles. The summed E-state index contributed by atoms with van der Waals surface area (Å²) < 4.78 is 1.16. The Balaban J connectivity index is 0.00000225. The number of rotatable bonds is 2. The van der Waals surface area contributed by atoms with Gasteiger partial charge in [0.15, 0.2) is 5.96 Å². The summed E-state index contributed by atoms with van der Waals surface area (Å²) in [7, 11) is 3.60. The van der Waals surface area contributed by atoms with Crippen molar-refractivity contribution < 1.29 is 0 Å². The zero-order valence-electron chi connectivity index (χ0n) is 9.67. The zero-order valence-corrected chi connectivity index (χ0v) is 13.6. The van der Waals surface area contributed by atoms with Crippen LogP contribution in [0.3, 0.4) is 0 Å². The van der Waals surface area contributed by atoms with E-state index in [2.05, 4.69) is 56.7 Å². The lowest BCUT2D eigenvalue weighted by atomic mass is 10.1. The molecule has 0 saturated heterocycles. The maximum Gasteiger partial charge on any atom is 0.190 e. The van der Waals surface area contributed by atoms with E-state index >= 15 is 0 Å². The van der Waals surface area contributed by atoms with E-state index in [1.54, 1.807) is 7.05 Å². The fourth-order valence-corrected chi connectivity index (χ4v) is 1.71. The monoisotopic (exact) mass is 397 g/mol. The molecule has 1 rings (SSSR count). The molecule has 0 spiro atoms. The van der Waals surface area contributed by atoms with Crippen LogP contribution in [-0.2, 0) is 6.54 Å². The van der Waals surface area contributed by atoms with Gasteiger partial charge in [0.1, 0.15) is 0 Å². The Labute approximate surface area is 122 Å². The van der Waals surface area contributed by atoms with Gasteiger partial charge in [-0.1, -0.05) is 34.1 Å². The van der Waals surface area contributed by atoms with Crippen molar-refractivity contribution in [1.82, 2.24) is 10.6 Å². The number of aryl methyl sites for hydroxylation is 1. The molecular weight excluding hydrogens is 381 g/mol. The number of halogens is 2. The number of benzene rings is 1. The van der Waals surface area contributed by atoms with Gasteiger partial charge in [0, 0.05) is 25.1 Å². The largest absolute Gasteiger partial charge is 0.359 e. The van der Waals surface area contributed by atoms with E-state index in [1.807, 2.05) is 7.05 Å². The van der Waals surface area contributed by atoms with Crippen LogP contribution in [0.5, 0.6) is 0 Å². The van der Waals surface area contributed by atoms with Gasteiger partial charge in [-0.25, -0.2) is 0 Å². The Hall–Kier alpha value is -0.300. The molecule has 0 aliphatic rings. The fraction of sp³-hybridized carbons (Fsp3) is 0.364. The van der Waals surface area contributed by atoms with Crippen molar-refractivity contribution in [2.24, 2.45) is 4.99 Å². The summed E-state index contributed by atoms with van der Waals surface area (Å²) in [5.41, 5.74) is 2.47. The van der Waals surface area contributed by atoms with Gasteiger partial charge in [0.2, 0.25) is 0 Å². The Kier molecular flexibility index (Phi) is 7.74. The molecule has 0 saturated carbocycles. The lowest BCUT2D eigenvalue weighted by Gasteiger charge is -2.10. The molecule has 5 heteroatoms. The highest BCUT2D eigenvalue weighted by atomic mass is 127. The van der Waals surface area contributed by atoms with Crippen LogP contribution >= 0.6 is 39.9 Å². The van der Waals surface area contributed by atoms with Crippen molar-refractivity contribution in [3.05, 3.63) is 33.8 Å². The third-order valence-electron chi connectivity index (χ3n) is 2.18. The predicted molar refractivity (Wildman–Crippen MR) is 83.6 cm³/mol. The van der Waals surface area contributed by atoms with Crippen molar-refractivity contribution in [2.75, 3.05) is 14.1 Å². The molecule has 0 amide bonds. The van der Waals surface area contributed by atoms with E-state index in [0.717, 1.165) is 17.0 Å². The first-order valence-corrected chi connectivity index (χ1v) is 5.60. The molecule has 0 fully saturated rings. The highest BCUT2D eigenvalue weighted by Gasteiger charge is 2.02. The number of nitrogens with zero attached hydrogens (tertiary/aromatic N) is 1. The molecule has 1 aromatic carbocycles. The number of nitrogens with one attached hydrogen (secondary N) is 2. The quantitative estimate of drug-likeness (QED) is 0.457. The summed E-state index contributed by atoms with van der Waals surface area (Å²) in [5.74, 6) is 0.795. The standard InChI is InChI=1S/C11H16BrN3.HI/c1-8-5-4-6-9(10(8)12)7-15-11(13-2)14-3;/h4-6H,7H2,1-3H3,(H2,13,14,15);1H. The van der Waals surface area contributed by atoms with Crippen LogP contribution in [0.15, 0.2) is 27.7 Å². The van der Waals surface area contributed by atoms with Gasteiger partial charge in [0.25, 0.3) is 0 Å². The first-order chi connectivity index (χ1) is 7.19. The van der Waals surface area contributed by atoms with Crippen molar-refractivity contribution >= 4 is 45.9 Å². The average Bonchev–Trinajstić information content (AvgIpc) is 2.25. The van der Waals surface area contributed by atoms with Crippen LogP contribution in [0, 0.1) is 6.92 Å². The van der Waals surface area contributed by atoms with E-state index in [9.17, 15) is 0 Å². The lowest BCUT2D eigenvalue weighted by Crippen LogP contribution is -2.34. The number of hydrogen-bond donors (Lipinski definition) is 2. The molecule has 90 valence electrons. The minimum Gasteiger partial charge on any atom is -0.359 e. The summed E-state index contributed by atoms with van der Waals surface area (Å²) in [6.07, 6.45) is 0. The van der Waals surface area contributed by atoms with Gasteiger partial charge >= 0.3 is 0 Å². The molecule has 0 aliphatic heterocycles. The lowest BCUT2D eigenvalue weighted by molar-refractivity contribution is 0.861. The minimum absolute atomic E-state index is 0. The second-order valence-electron chi connectivity index (χ2n) is 3.22. The Morgan fingerprint density at radius 2 is 2.12 bits per heavy atom. The number of hydrogen-bond acceptors (Lipinski definition) is 1. The molecule has 1 aromatic rings. The van der Waals surface area contributed by atoms with Gasteiger partial charge in [-0.2, -0.15) is 0 Å². The third kappa shape index (κ3) is 4.29. The molecule has 3 nitrogen and oxygen atoms in total. The Morgan fingerprint density at radius 1 is 1.44 bits per heavy atom. The Morgan fingerprint density at radius 3 is 2.69 bits per heavy atom.